The number of carbonyl (C=O) groups is 2. The van der Waals surface area contributed by atoms with Gasteiger partial charge in [-0.3, -0.25) is 9.59 Å². The van der Waals surface area contributed by atoms with E-state index >= 15 is 0 Å². The van der Waals surface area contributed by atoms with Crippen LogP contribution in [0.2, 0.25) is 5.02 Å². The van der Waals surface area contributed by atoms with E-state index in [1.165, 1.54) is 18.9 Å². The second kappa shape index (κ2) is 5.92. The minimum absolute atomic E-state index is 0.160. The highest BCUT2D eigenvalue weighted by atomic mass is 79.9. The number of hydrogen-bond donors (Lipinski definition) is 2. The number of primary amides is 1. The molecule has 2 amide bonds. The average molecular weight is 346 g/mol. The van der Waals surface area contributed by atoms with Crippen LogP contribution in [0.3, 0.4) is 0 Å². The van der Waals surface area contributed by atoms with Crippen molar-refractivity contribution in [1.29, 1.82) is 0 Å². The summed E-state index contributed by atoms with van der Waals surface area (Å²) >= 11 is 9.11. The maximum absolute atomic E-state index is 12.1. The van der Waals surface area contributed by atoms with Crippen LogP contribution in [0, 0.1) is 5.92 Å². The molecule has 102 valence electrons. The Balaban J connectivity index is 2.16. The van der Waals surface area contributed by atoms with Crippen LogP contribution in [0.1, 0.15) is 40.0 Å². The van der Waals surface area contributed by atoms with E-state index in [4.69, 9.17) is 17.3 Å². The fraction of sp³-hybridized carbons (Fsp3) is 0.385. The predicted molar refractivity (Wildman–Crippen MR) is 77.3 cm³/mol. The number of benzene rings is 1. The summed E-state index contributed by atoms with van der Waals surface area (Å²) in [5, 5.41) is 3.17. The third-order valence-electron chi connectivity index (χ3n) is 3.08. The Bertz CT molecular complexity index is 530. The Kier molecular flexibility index (Phi) is 4.47. The molecule has 1 fully saturated rings. The van der Waals surface area contributed by atoms with Crippen LogP contribution in [-0.4, -0.2) is 18.4 Å². The zero-order valence-electron chi connectivity index (χ0n) is 10.2. The van der Waals surface area contributed by atoms with Crippen molar-refractivity contribution in [3.05, 3.63) is 32.8 Å². The van der Waals surface area contributed by atoms with E-state index in [-0.39, 0.29) is 17.0 Å². The molecule has 1 aliphatic carbocycles. The highest BCUT2D eigenvalue weighted by molar-refractivity contribution is 9.10. The fourth-order valence-electron chi connectivity index (χ4n) is 1.89. The van der Waals surface area contributed by atoms with Crippen LogP contribution in [-0.2, 0) is 0 Å². The van der Waals surface area contributed by atoms with Crippen molar-refractivity contribution >= 4 is 39.3 Å². The van der Waals surface area contributed by atoms with Crippen LogP contribution in [0.4, 0.5) is 0 Å². The maximum Gasteiger partial charge on any atom is 0.252 e. The van der Waals surface area contributed by atoms with Gasteiger partial charge in [-0.25, -0.2) is 0 Å². The number of hydrogen-bond acceptors (Lipinski definition) is 2. The molecule has 1 aromatic rings. The molecule has 1 aliphatic rings. The SMILES string of the molecule is NC(=O)c1c(Br)cc(Cl)cc1C(=O)NCCC1CC1. The van der Waals surface area contributed by atoms with Gasteiger partial charge in [-0.2, -0.15) is 0 Å². The van der Waals surface area contributed by atoms with E-state index in [1.54, 1.807) is 6.07 Å². The van der Waals surface area contributed by atoms with Gasteiger partial charge in [0.25, 0.3) is 11.8 Å². The highest BCUT2D eigenvalue weighted by Gasteiger charge is 2.22. The lowest BCUT2D eigenvalue weighted by molar-refractivity contribution is 0.0935. The van der Waals surface area contributed by atoms with E-state index in [9.17, 15) is 9.59 Å². The predicted octanol–water partition coefficient (Wildman–Crippen LogP) is 2.73. The highest BCUT2D eigenvalue weighted by Crippen LogP contribution is 2.31. The van der Waals surface area contributed by atoms with Crippen LogP contribution >= 0.6 is 27.5 Å². The van der Waals surface area contributed by atoms with Crippen molar-refractivity contribution in [1.82, 2.24) is 5.32 Å². The molecule has 0 unspecified atom stereocenters. The number of rotatable bonds is 5. The number of amides is 2. The van der Waals surface area contributed by atoms with E-state index in [1.807, 2.05) is 0 Å². The van der Waals surface area contributed by atoms with Gasteiger partial charge < -0.3 is 11.1 Å². The van der Waals surface area contributed by atoms with Gasteiger partial charge in [-0.1, -0.05) is 24.4 Å². The fourth-order valence-corrected chi connectivity index (χ4v) is 2.90. The molecule has 3 N–H and O–H groups in total. The Hall–Kier alpha value is -1.07. The van der Waals surface area contributed by atoms with Crippen LogP contribution in [0.25, 0.3) is 0 Å². The summed E-state index contributed by atoms with van der Waals surface area (Å²) < 4.78 is 0.430. The van der Waals surface area contributed by atoms with Gasteiger partial charge in [-0.05, 0) is 40.4 Å². The minimum Gasteiger partial charge on any atom is -0.366 e. The van der Waals surface area contributed by atoms with Gasteiger partial charge in [-0.15, -0.1) is 0 Å². The topological polar surface area (TPSA) is 72.2 Å². The molecule has 1 saturated carbocycles. The number of halogens is 2. The third-order valence-corrected chi connectivity index (χ3v) is 3.92. The third kappa shape index (κ3) is 3.70. The second-order valence-electron chi connectivity index (χ2n) is 4.66. The summed E-state index contributed by atoms with van der Waals surface area (Å²) in [6.45, 7) is 0.603. The molecule has 2 rings (SSSR count). The van der Waals surface area contributed by atoms with E-state index in [2.05, 4.69) is 21.2 Å². The van der Waals surface area contributed by atoms with Crippen molar-refractivity contribution in [2.24, 2.45) is 11.7 Å². The molecule has 1 aromatic carbocycles. The summed E-state index contributed by atoms with van der Waals surface area (Å²) in [5.74, 6) is -0.240. The standard InChI is InChI=1S/C13H14BrClN2O2/c14-10-6-8(15)5-9(11(10)12(16)18)13(19)17-4-3-7-1-2-7/h5-7H,1-4H2,(H2,16,18)(H,17,19). The van der Waals surface area contributed by atoms with Crippen molar-refractivity contribution in [3.8, 4) is 0 Å². The Morgan fingerprint density at radius 1 is 1.42 bits per heavy atom. The second-order valence-corrected chi connectivity index (χ2v) is 5.95. The lowest BCUT2D eigenvalue weighted by Gasteiger charge is -2.10. The number of nitrogens with two attached hydrogens (primary N) is 1. The van der Waals surface area contributed by atoms with Gasteiger partial charge in [0, 0.05) is 16.0 Å². The minimum atomic E-state index is -0.657. The molecule has 0 saturated heterocycles. The smallest absolute Gasteiger partial charge is 0.252 e. The van der Waals surface area contributed by atoms with Crippen LogP contribution in [0.5, 0.6) is 0 Å². The molecule has 0 spiro atoms. The summed E-state index contributed by atoms with van der Waals surface area (Å²) in [4.78, 5) is 23.5. The Labute approximate surface area is 124 Å². The summed E-state index contributed by atoms with van der Waals surface area (Å²) in [6, 6.07) is 3.00. The molecule has 4 nitrogen and oxygen atoms in total. The van der Waals surface area contributed by atoms with Gasteiger partial charge in [0.1, 0.15) is 0 Å². The molecule has 19 heavy (non-hydrogen) atoms. The van der Waals surface area contributed by atoms with Crippen molar-refractivity contribution < 1.29 is 9.59 Å². The first-order valence-electron chi connectivity index (χ1n) is 6.06. The van der Waals surface area contributed by atoms with E-state index < -0.39 is 5.91 Å². The van der Waals surface area contributed by atoms with Gasteiger partial charge >= 0.3 is 0 Å². The summed E-state index contributed by atoms with van der Waals surface area (Å²) in [6.07, 6.45) is 3.45. The lowest BCUT2D eigenvalue weighted by atomic mass is 10.1. The molecule has 0 radical (unpaired) electrons. The average Bonchev–Trinajstić information content (AvgIpc) is 3.11. The summed E-state index contributed by atoms with van der Waals surface area (Å²) in [5.41, 5.74) is 5.67. The van der Waals surface area contributed by atoms with E-state index in [0.717, 1.165) is 12.3 Å². The first-order valence-corrected chi connectivity index (χ1v) is 7.23. The molecular weight excluding hydrogens is 332 g/mol. The molecule has 0 aliphatic heterocycles. The van der Waals surface area contributed by atoms with Crippen molar-refractivity contribution in [3.63, 3.8) is 0 Å². The molecular formula is C13H14BrClN2O2. The summed E-state index contributed by atoms with van der Waals surface area (Å²) in [7, 11) is 0. The quantitative estimate of drug-likeness (QED) is 0.861. The van der Waals surface area contributed by atoms with Crippen LogP contribution < -0.4 is 11.1 Å². The monoisotopic (exact) mass is 344 g/mol. The maximum atomic E-state index is 12.1. The molecule has 0 aromatic heterocycles. The van der Waals surface area contributed by atoms with Gasteiger partial charge in [0.05, 0.1) is 11.1 Å². The molecule has 0 bridgehead atoms. The first-order chi connectivity index (χ1) is 8.99. The van der Waals surface area contributed by atoms with Crippen molar-refractivity contribution in [2.45, 2.75) is 19.3 Å². The largest absolute Gasteiger partial charge is 0.366 e. The van der Waals surface area contributed by atoms with Crippen LogP contribution in [0.15, 0.2) is 16.6 Å². The normalized spacial score (nSPS) is 14.2. The first kappa shape index (κ1) is 14.3. The van der Waals surface area contributed by atoms with Crippen molar-refractivity contribution in [2.75, 3.05) is 6.54 Å². The molecule has 6 heteroatoms. The lowest BCUT2D eigenvalue weighted by Crippen LogP contribution is -2.28. The zero-order valence-corrected chi connectivity index (χ0v) is 12.6. The van der Waals surface area contributed by atoms with Gasteiger partial charge in [0.2, 0.25) is 0 Å². The number of carbonyl (C=O) groups excluding carboxylic acids is 2. The van der Waals surface area contributed by atoms with E-state index in [0.29, 0.717) is 16.0 Å². The zero-order chi connectivity index (χ0) is 14.0. The van der Waals surface area contributed by atoms with Gasteiger partial charge in [0.15, 0.2) is 0 Å². The molecule has 0 heterocycles. The Morgan fingerprint density at radius 3 is 2.68 bits per heavy atom. The Morgan fingerprint density at radius 2 is 2.11 bits per heavy atom. The number of nitrogens with one attached hydrogen (secondary N) is 1. The molecule has 0 atom stereocenters.